The molecule has 1 aromatic rings. The molecule has 0 saturated carbocycles. The van der Waals surface area contributed by atoms with Crippen molar-refractivity contribution in [3.63, 3.8) is 0 Å². The standard InChI is InChI=1S/C15H20F2N2O2/c1-19(8-11-3-4-12(16)13(17)7-11)14(20)15(10-21-2)5-6-18-9-15/h3-4,7,18H,5-6,8-10H2,1-2H3. The largest absolute Gasteiger partial charge is 0.384 e. The maximum Gasteiger partial charge on any atom is 0.232 e. The van der Waals surface area contributed by atoms with E-state index in [2.05, 4.69) is 5.32 Å². The SMILES string of the molecule is COCC1(C(=O)N(C)Cc2ccc(F)c(F)c2)CCNC1. The fraction of sp³-hybridized carbons (Fsp3) is 0.533. The Morgan fingerprint density at radius 3 is 2.76 bits per heavy atom. The third-order valence-corrected chi connectivity index (χ3v) is 3.87. The number of hydrogen-bond donors (Lipinski definition) is 1. The van der Waals surface area contributed by atoms with Gasteiger partial charge < -0.3 is 15.0 Å². The van der Waals surface area contributed by atoms with Gasteiger partial charge in [0.25, 0.3) is 0 Å². The van der Waals surface area contributed by atoms with E-state index in [1.807, 2.05) is 0 Å². The van der Waals surface area contributed by atoms with Crippen LogP contribution < -0.4 is 5.32 Å². The lowest BCUT2D eigenvalue weighted by Crippen LogP contribution is -2.46. The molecule has 1 aromatic carbocycles. The molecule has 1 N–H and O–H groups in total. The number of carbonyl (C=O) groups excluding carboxylic acids is 1. The van der Waals surface area contributed by atoms with Crippen molar-refractivity contribution in [2.75, 3.05) is 33.9 Å². The van der Waals surface area contributed by atoms with Gasteiger partial charge in [0.1, 0.15) is 0 Å². The number of halogens is 2. The zero-order valence-electron chi connectivity index (χ0n) is 12.3. The number of nitrogens with zero attached hydrogens (tertiary/aromatic N) is 1. The molecular weight excluding hydrogens is 278 g/mol. The van der Waals surface area contributed by atoms with E-state index in [-0.39, 0.29) is 12.5 Å². The van der Waals surface area contributed by atoms with Crippen molar-refractivity contribution < 1.29 is 18.3 Å². The predicted octanol–water partition coefficient (Wildman–Crippen LogP) is 1.55. The van der Waals surface area contributed by atoms with E-state index in [0.717, 1.165) is 18.7 Å². The molecule has 21 heavy (non-hydrogen) atoms. The number of carbonyl (C=O) groups is 1. The topological polar surface area (TPSA) is 41.6 Å². The normalized spacial score (nSPS) is 21.5. The highest BCUT2D eigenvalue weighted by molar-refractivity contribution is 5.83. The number of benzene rings is 1. The van der Waals surface area contributed by atoms with E-state index in [1.54, 1.807) is 19.1 Å². The number of ether oxygens (including phenoxy) is 1. The Labute approximate surface area is 123 Å². The van der Waals surface area contributed by atoms with Crippen molar-refractivity contribution in [2.24, 2.45) is 5.41 Å². The molecule has 116 valence electrons. The Hall–Kier alpha value is -1.53. The maximum atomic E-state index is 13.2. The van der Waals surface area contributed by atoms with Crippen molar-refractivity contribution in [3.05, 3.63) is 35.4 Å². The van der Waals surface area contributed by atoms with Gasteiger partial charge in [-0.15, -0.1) is 0 Å². The second-order valence-corrected chi connectivity index (χ2v) is 5.55. The predicted molar refractivity (Wildman–Crippen MR) is 74.6 cm³/mol. The van der Waals surface area contributed by atoms with E-state index < -0.39 is 17.0 Å². The molecule has 1 unspecified atom stereocenters. The number of methoxy groups -OCH3 is 1. The molecule has 1 fully saturated rings. The third kappa shape index (κ3) is 3.39. The minimum Gasteiger partial charge on any atom is -0.384 e. The minimum absolute atomic E-state index is 0.0425. The second kappa shape index (κ2) is 6.49. The Kier molecular flexibility index (Phi) is 4.90. The van der Waals surface area contributed by atoms with Crippen LogP contribution in [0.2, 0.25) is 0 Å². The first-order valence-electron chi connectivity index (χ1n) is 6.88. The maximum absolute atomic E-state index is 13.2. The molecule has 0 aliphatic carbocycles. The first-order valence-corrected chi connectivity index (χ1v) is 6.88. The zero-order chi connectivity index (χ0) is 15.5. The van der Waals surface area contributed by atoms with Crippen LogP contribution in [0.5, 0.6) is 0 Å². The lowest BCUT2D eigenvalue weighted by molar-refractivity contribution is -0.143. The number of rotatable bonds is 5. The van der Waals surface area contributed by atoms with Gasteiger partial charge in [-0.2, -0.15) is 0 Å². The lowest BCUT2D eigenvalue weighted by Gasteiger charge is -2.31. The monoisotopic (exact) mass is 298 g/mol. The third-order valence-electron chi connectivity index (χ3n) is 3.87. The van der Waals surface area contributed by atoms with Gasteiger partial charge in [-0.3, -0.25) is 4.79 Å². The fourth-order valence-corrected chi connectivity index (χ4v) is 2.78. The van der Waals surface area contributed by atoms with E-state index in [4.69, 9.17) is 4.74 Å². The first kappa shape index (κ1) is 15.9. The van der Waals surface area contributed by atoms with Crippen LogP contribution in [0.3, 0.4) is 0 Å². The van der Waals surface area contributed by atoms with Crippen LogP contribution in [0.25, 0.3) is 0 Å². The van der Waals surface area contributed by atoms with Crippen molar-refractivity contribution in [2.45, 2.75) is 13.0 Å². The molecule has 1 aliphatic heterocycles. The molecule has 1 atom stereocenters. The van der Waals surface area contributed by atoms with Gasteiger partial charge in [-0.25, -0.2) is 8.78 Å². The molecular formula is C15H20F2N2O2. The summed E-state index contributed by atoms with van der Waals surface area (Å²) in [6.07, 6.45) is 0.710. The molecule has 1 heterocycles. The smallest absolute Gasteiger partial charge is 0.232 e. The number of amides is 1. The van der Waals surface area contributed by atoms with Gasteiger partial charge >= 0.3 is 0 Å². The van der Waals surface area contributed by atoms with Gasteiger partial charge in [0.05, 0.1) is 12.0 Å². The number of hydrogen-bond acceptors (Lipinski definition) is 3. The van der Waals surface area contributed by atoms with Gasteiger partial charge in [-0.1, -0.05) is 6.07 Å². The number of nitrogens with one attached hydrogen (secondary N) is 1. The zero-order valence-corrected chi connectivity index (χ0v) is 12.3. The highest BCUT2D eigenvalue weighted by atomic mass is 19.2. The highest BCUT2D eigenvalue weighted by Gasteiger charge is 2.42. The summed E-state index contributed by atoms with van der Waals surface area (Å²) in [7, 11) is 3.24. The van der Waals surface area contributed by atoms with Crippen LogP contribution in [-0.2, 0) is 16.1 Å². The highest BCUT2D eigenvalue weighted by Crippen LogP contribution is 2.28. The summed E-state index contributed by atoms with van der Waals surface area (Å²) in [5.74, 6) is -1.83. The van der Waals surface area contributed by atoms with Crippen LogP contribution in [-0.4, -0.2) is 44.7 Å². The van der Waals surface area contributed by atoms with E-state index in [1.165, 1.54) is 6.07 Å². The van der Waals surface area contributed by atoms with E-state index in [9.17, 15) is 13.6 Å². The van der Waals surface area contributed by atoms with Crippen molar-refractivity contribution in [1.29, 1.82) is 0 Å². The summed E-state index contributed by atoms with van der Waals surface area (Å²) in [5, 5.41) is 3.18. The summed E-state index contributed by atoms with van der Waals surface area (Å²) >= 11 is 0. The fourth-order valence-electron chi connectivity index (χ4n) is 2.78. The van der Waals surface area contributed by atoms with Crippen LogP contribution in [0.15, 0.2) is 18.2 Å². The summed E-state index contributed by atoms with van der Waals surface area (Å²) < 4.78 is 31.3. The van der Waals surface area contributed by atoms with Crippen LogP contribution in [0, 0.1) is 17.0 Å². The molecule has 0 radical (unpaired) electrons. The average Bonchev–Trinajstić information content (AvgIpc) is 2.92. The van der Waals surface area contributed by atoms with Crippen molar-refractivity contribution >= 4 is 5.91 Å². The van der Waals surface area contributed by atoms with Crippen molar-refractivity contribution in [3.8, 4) is 0 Å². The van der Waals surface area contributed by atoms with Crippen molar-refractivity contribution in [1.82, 2.24) is 10.2 Å². The Bertz CT molecular complexity index is 516. The summed E-state index contributed by atoms with van der Waals surface area (Å²) in [4.78, 5) is 14.2. The van der Waals surface area contributed by atoms with Gasteiger partial charge in [0.15, 0.2) is 11.6 Å². The van der Waals surface area contributed by atoms with Gasteiger partial charge in [0, 0.05) is 27.2 Å². The quantitative estimate of drug-likeness (QED) is 0.897. The molecule has 1 saturated heterocycles. The lowest BCUT2D eigenvalue weighted by atomic mass is 9.86. The Morgan fingerprint density at radius 1 is 1.43 bits per heavy atom. The minimum atomic E-state index is -0.900. The average molecular weight is 298 g/mol. The first-order chi connectivity index (χ1) is 9.98. The second-order valence-electron chi connectivity index (χ2n) is 5.55. The summed E-state index contributed by atoms with van der Waals surface area (Å²) in [5.41, 5.74) is -0.00880. The molecule has 1 aliphatic rings. The molecule has 6 heteroatoms. The molecule has 4 nitrogen and oxygen atoms in total. The van der Waals surface area contributed by atoms with E-state index in [0.29, 0.717) is 25.1 Å². The molecule has 0 spiro atoms. The van der Waals surface area contributed by atoms with E-state index >= 15 is 0 Å². The summed E-state index contributed by atoms with van der Waals surface area (Å²) in [6.45, 7) is 1.93. The van der Waals surface area contributed by atoms with Crippen LogP contribution in [0.4, 0.5) is 8.78 Å². The van der Waals surface area contributed by atoms with Crippen LogP contribution >= 0.6 is 0 Å². The van der Waals surface area contributed by atoms with Crippen LogP contribution in [0.1, 0.15) is 12.0 Å². The Morgan fingerprint density at radius 2 is 2.19 bits per heavy atom. The molecule has 1 amide bonds. The van der Waals surface area contributed by atoms with Gasteiger partial charge in [0.2, 0.25) is 5.91 Å². The van der Waals surface area contributed by atoms with Gasteiger partial charge in [-0.05, 0) is 30.7 Å². The summed E-state index contributed by atoms with van der Waals surface area (Å²) in [6, 6.07) is 3.68. The molecule has 2 rings (SSSR count). The molecule has 0 bridgehead atoms. The molecule has 0 aromatic heterocycles. The Balaban J connectivity index is 2.09.